The molecule has 3 aromatic rings. The third kappa shape index (κ3) is 4.07. The van der Waals surface area contributed by atoms with Crippen LogP contribution < -0.4 is 4.74 Å². The van der Waals surface area contributed by atoms with Gasteiger partial charge in [0.25, 0.3) is 0 Å². The molecular weight excluding hydrogens is 535 g/mol. The average Bonchev–Trinajstić information content (AvgIpc) is 3.12. The molecule has 2 atom stereocenters. The first kappa shape index (κ1) is 22.9. The molecule has 0 saturated carbocycles. The van der Waals surface area contributed by atoms with Gasteiger partial charge in [-0.1, -0.05) is 39.7 Å². The minimum atomic E-state index is -3.86. The molecule has 4 rings (SSSR count). The van der Waals surface area contributed by atoms with Crippen molar-refractivity contribution in [1.29, 1.82) is 0 Å². The lowest BCUT2D eigenvalue weighted by Gasteiger charge is -2.23. The van der Waals surface area contributed by atoms with E-state index in [0.717, 1.165) is 4.57 Å². The first-order valence-corrected chi connectivity index (χ1v) is 10.7. The Morgan fingerprint density at radius 3 is 2.72 bits per heavy atom. The zero-order chi connectivity index (χ0) is 23.2. The van der Waals surface area contributed by atoms with E-state index in [9.17, 15) is 18.7 Å². The van der Waals surface area contributed by atoms with E-state index < -0.39 is 35.8 Å². The van der Waals surface area contributed by atoms with E-state index in [2.05, 4.69) is 26.1 Å². The number of alkyl halides is 3. The number of hydrogen-bond acceptors (Lipinski definition) is 5. The van der Waals surface area contributed by atoms with E-state index >= 15 is 0 Å². The van der Waals surface area contributed by atoms with Gasteiger partial charge in [-0.05, 0) is 35.9 Å². The Bertz CT molecular complexity index is 1200. The Balaban J connectivity index is 2.03. The highest BCUT2D eigenvalue weighted by Gasteiger charge is 2.42. The van der Waals surface area contributed by atoms with Gasteiger partial charge in [0.1, 0.15) is 18.0 Å². The van der Waals surface area contributed by atoms with Gasteiger partial charge in [0.05, 0.1) is 24.2 Å². The predicted molar refractivity (Wildman–Crippen MR) is 115 cm³/mol. The summed E-state index contributed by atoms with van der Waals surface area (Å²) in [4.78, 5) is 11.6. The minimum absolute atomic E-state index is 0.118. The Morgan fingerprint density at radius 1 is 1.31 bits per heavy atom. The largest absolute Gasteiger partial charge is 0.495 e. The summed E-state index contributed by atoms with van der Waals surface area (Å²) in [7, 11) is 1.45. The summed E-state index contributed by atoms with van der Waals surface area (Å²) in [5.74, 6) is -1.82. The van der Waals surface area contributed by atoms with Gasteiger partial charge < -0.3 is 14.6 Å². The molecule has 2 aromatic carbocycles. The maximum absolute atomic E-state index is 14.2. The Hall–Kier alpha value is -2.27. The summed E-state index contributed by atoms with van der Waals surface area (Å²) in [5, 5.41) is 13.2. The number of hydrogen-bond donors (Lipinski definition) is 1. The Kier molecular flexibility index (Phi) is 6.15. The first-order valence-electron chi connectivity index (χ1n) is 9.13. The second-order valence-electron chi connectivity index (χ2n) is 6.88. The third-order valence-corrected chi connectivity index (χ3v) is 5.97. The lowest BCUT2D eigenvalue weighted by atomic mass is 9.99. The average molecular weight is 549 g/mol. The van der Waals surface area contributed by atoms with Crippen LogP contribution in [0.2, 0.25) is 5.02 Å². The van der Waals surface area contributed by atoms with Gasteiger partial charge in [0.2, 0.25) is 5.82 Å². The van der Waals surface area contributed by atoms with E-state index in [1.165, 1.54) is 7.11 Å². The van der Waals surface area contributed by atoms with Crippen LogP contribution in [-0.2, 0) is 14.9 Å². The molecule has 0 aliphatic carbocycles. The van der Waals surface area contributed by atoms with Crippen LogP contribution in [0.15, 0.2) is 40.9 Å². The van der Waals surface area contributed by atoms with Gasteiger partial charge in [-0.25, -0.2) is 0 Å². The zero-order valence-electron chi connectivity index (χ0n) is 16.2. The van der Waals surface area contributed by atoms with Crippen molar-refractivity contribution in [1.82, 2.24) is 14.8 Å². The van der Waals surface area contributed by atoms with E-state index in [-0.39, 0.29) is 16.5 Å². The summed E-state index contributed by atoms with van der Waals surface area (Å²) in [6, 6.07) is 9.89. The second-order valence-corrected chi connectivity index (χ2v) is 8.65. The number of methoxy groups -OCH3 is 1. The van der Waals surface area contributed by atoms with Crippen LogP contribution in [0.5, 0.6) is 5.75 Å². The molecule has 0 saturated heterocycles. The monoisotopic (exact) mass is 547 g/mol. The van der Waals surface area contributed by atoms with E-state index in [1.807, 2.05) is 0 Å². The molecule has 1 aliphatic heterocycles. The number of halogens is 5. The molecule has 0 unspecified atom stereocenters. The van der Waals surface area contributed by atoms with Crippen LogP contribution in [0.3, 0.4) is 0 Å². The highest BCUT2D eigenvalue weighted by atomic mass is 79.9. The molecule has 1 aromatic heterocycles. The van der Waals surface area contributed by atoms with E-state index in [1.54, 1.807) is 36.4 Å². The van der Waals surface area contributed by atoms with E-state index in [4.69, 9.17) is 32.7 Å². The number of carbonyl (C=O) groups is 1. The quantitative estimate of drug-likeness (QED) is 0.417. The fraction of sp³-hybridized carbons (Fsp3) is 0.250. The molecular formula is C20H14BrCl2F2N3O4. The van der Waals surface area contributed by atoms with Crippen molar-refractivity contribution >= 4 is 45.1 Å². The van der Waals surface area contributed by atoms with Crippen LogP contribution in [0.25, 0.3) is 5.69 Å². The van der Waals surface area contributed by atoms with E-state index in [0.29, 0.717) is 21.3 Å². The SMILES string of the molecule is COc1cccc([C@@H]2O[C@@H](CC(=O)O)c3nnc(C(F)(F)Cl)n3-c3ccc(Br)cc32)c1Cl. The number of carboxylic acid groups (broad SMARTS) is 1. The highest BCUT2D eigenvalue weighted by molar-refractivity contribution is 9.10. The van der Waals surface area contributed by atoms with Crippen LogP contribution in [0.4, 0.5) is 8.78 Å². The molecule has 168 valence electrons. The van der Waals surface area contributed by atoms with Gasteiger partial charge in [-0.15, -0.1) is 10.2 Å². The Morgan fingerprint density at radius 2 is 2.06 bits per heavy atom. The minimum Gasteiger partial charge on any atom is -0.495 e. The van der Waals surface area contributed by atoms with Crippen molar-refractivity contribution in [2.45, 2.75) is 24.0 Å². The van der Waals surface area contributed by atoms with Crippen molar-refractivity contribution in [2.75, 3.05) is 7.11 Å². The molecule has 1 aliphatic rings. The fourth-order valence-corrected chi connectivity index (χ4v) is 4.39. The van der Waals surface area contributed by atoms with Crippen molar-refractivity contribution in [3.05, 3.63) is 68.7 Å². The van der Waals surface area contributed by atoms with Gasteiger partial charge in [-0.3, -0.25) is 9.36 Å². The number of nitrogens with zero attached hydrogens (tertiary/aromatic N) is 3. The smallest absolute Gasteiger partial charge is 0.382 e. The van der Waals surface area contributed by atoms with Crippen LogP contribution in [-0.4, -0.2) is 33.0 Å². The van der Waals surface area contributed by atoms with Crippen molar-refractivity contribution in [3.63, 3.8) is 0 Å². The van der Waals surface area contributed by atoms with Crippen molar-refractivity contribution in [3.8, 4) is 11.4 Å². The molecule has 32 heavy (non-hydrogen) atoms. The van der Waals surface area contributed by atoms with Crippen molar-refractivity contribution in [2.24, 2.45) is 0 Å². The summed E-state index contributed by atoms with van der Waals surface area (Å²) in [5.41, 5.74) is 1.13. The molecule has 1 N–H and O–H groups in total. The van der Waals surface area contributed by atoms with Gasteiger partial charge >= 0.3 is 11.4 Å². The van der Waals surface area contributed by atoms with Gasteiger partial charge in [0, 0.05) is 15.6 Å². The maximum atomic E-state index is 14.2. The highest BCUT2D eigenvalue weighted by Crippen LogP contribution is 2.46. The standard InChI is InChI=1S/C20H14BrCl2F2N3O4/c1-31-13-4-2-3-10(16(13)22)17-11-7-9(21)5-6-12(11)28-18(14(32-17)8-15(29)30)26-27-19(28)20(23,24)25/h2-7,14,17H,8H2,1H3,(H,29,30)/t14-,17-/m0/s1. The molecule has 0 fully saturated rings. The summed E-state index contributed by atoms with van der Waals surface area (Å²) in [6.07, 6.45) is -2.72. The summed E-state index contributed by atoms with van der Waals surface area (Å²) < 4.78 is 41.5. The lowest BCUT2D eigenvalue weighted by Crippen LogP contribution is -2.17. The molecule has 7 nitrogen and oxygen atoms in total. The van der Waals surface area contributed by atoms with Crippen molar-refractivity contribution < 1.29 is 28.2 Å². The third-order valence-electron chi connectivity index (χ3n) is 4.90. The number of fused-ring (bicyclic) bond motifs is 3. The Labute approximate surface area is 199 Å². The molecule has 0 amide bonds. The number of aliphatic carboxylic acids is 1. The van der Waals surface area contributed by atoms with Gasteiger partial charge in [-0.2, -0.15) is 8.78 Å². The topological polar surface area (TPSA) is 86.5 Å². The number of ether oxygens (including phenoxy) is 2. The lowest BCUT2D eigenvalue weighted by molar-refractivity contribution is -0.141. The number of rotatable bonds is 5. The van der Waals surface area contributed by atoms with Crippen LogP contribution in [0.1, 0.15) is 41.4 Å². The van der Waals surface area contributed by atoms with Crippen LogP contribution in [0, 0.1) is 0 Å². The normalized spacial score (nSPS) is 17.9. The second kappa shape index (κ2) is 8.58. The molecule has 0 spiro atoms. The number of benzene rings is 2. The molecule has 0 bridgehead atoms. The maximum Gasteiger partial charge on any atom is 0.382 e. The predicted octanol–water partition coefficient (Wildman–Crippen LogP) is 5.62. The zero-order valence-corrected chi connectivity index (χ0v) is 19.3. The molecule has 0 radical (unpaired) electrons. The van der Waals surface area contributed by atoms with Gasteiger partial charge in [0.15, 0.2) is 5.82 Å². The summed E-state index contributed by atoms with van der Waals surface area (Å²) >= 11 is 15.2. The summed E-state index contributed by atoms with van der Waals surface area (Å²) in [6.45, 7) is 0. The molecule has 12 heteroatoms. The molecule has 2 heterocycles. The first-order chi connectivity index (χ1) is 15.1. The van der Waals surface area contributed by atoms with Crippen LogP contribution >= 0.6 is 39.1 Å². The fourth-order valence-electron chi connectivity index (χ4n) is 3.59. The number of carboxylic acids is 1. The number of aromatic nitrogens is 3.